The molecule has 5 nitrogen and oxygen atoms in total. The lowest BCUT2D eigenvalue weighted by Crippen LogP contribution is -2.37. The van der Waals surface area contributed by atoms with E-state index in [2.05, 4.69) is 44.7 Å². The average molecular weight is 552 g/mol. The number of esters is 1. The number of benzene rings is 1. The van der Waals surface area contributed by atoms with Crippen molar-refractivity contribution in [3.8, 4) is 11.5 Å². The molecule has 1 fully saturated rings. The molecule has 1 atom stereocenters. The molecule has 1 unspecified atom stereocenters. The highest BCUT2D eigenvalue weighted by Crippen LogP contribution is 2.54. The van der Waals surface area contributed by atoms with Crippen LogP contribution in [0.1, 0.15) is 90.2 Å². The maximum absolute atomic E-state index is 13.0. The van der Waals surface area contributed by atoms with Gasteiger partial charge in [0.1, 0.15) is 17.1 Å². The molecule has 208 valence electrons. The lowest BCUT2D eigenvalue weighted by Gasteiger charge is -2.35. The van der Waals surface area contributed by atoms with Gasteiger partial charge in [0.05, 0.1) is 18.8 Å². The first kappa shape index (κ1) is 30.3. The van der Waals surface area contributed by atoms with E-state index < -0.39 is 0 Å². The second kappa shape index (κ2) is 14.3. The Balaban J connectivity index is 0.00000380. The Morgan fingerprint density at radius 2 is 1.95 bits per heavy atom. The molecule has 1 saturated heterocycles. The van der Waals surface area contributed by atoms with Gasteiger partial charge in [-0.3, -0.25) is 9.69 Å². The van der Waals surface area contributed by atoms with Gasteiger partial charge in [-0.25, -0.2) is 0 Å². The molecule has 0 spiro atoms. The predicted molar refractivity (Wildman–Crippen MR) is 156 cm³/mol. The first-order valence-corrected chi connectivity index (χ1v) is 15.1. The van der Waals surface area contributed by atoms with Gasteiger partial charge in [-0.2, -0.15) is 0 Å². The largest absolute Gasteiger partial charge is 0.482 e. The second-order valence-electron chi connectivity index (χ2n) is 11.2. The van der Waals surface area contributed by atoms with Crippen molar-refractivity contribution in [3.63, 3.8) is 0 Å². The van der Waals surface area contributed by atoms with Crippen LogP contribution >= 0.6 is 24.2 Å². The Bertz CT molecular complexity index is 942. The highest BCUT2D eigenvalue weighted by atomic mass is 35.5. The minimum Gasteiger partial charge on any atom is -0.482 e. The normalized spacial score (nSPS) is 19.5. The van der Waals surface area contributed by atoms with Crippen molar-refractivity contribution >= 4 is 35.7 Å². The molecule has 0 amide bonds. The molecule has 0 radical (unpaired) electrons. The van der Waals surface area contributed by atoms with Gasteiger partial charge in [0, 0.05) is 30.2 Å². The van der Waals surface area contributed by atoms with E-state index in [1.54, 1.807) is 0 Å². The summed E-state index contributed by atoms with van der Waals surface area (Å²) in [4.78, 5) is 16.6. The van der Waals surface area contributed by atoms with Crippen LogP contribution in [-0.4, -0.2) is 55.1 Å². The van der Waals surface area contributed by atoms with E-state index in [1.807, 2.05) is 11.8 Å². The molecule has 0 bridgehead atoms. The number of fused-ring (bicyclic) bond motifs is 2. The van der Waals surface area contributed by atoms with Crippen molar-refractivity contribution in [2.45, 2.75) is 91.1 Å². The summed E-state index contributed by atoms with van der Waals surface area (Å²) in [7, 11) is 0. The molecule has 3 aliphatic heterocycles. The molecule has 0 aliphatic carbocycles. The number of rotatable bonds is 12. The van der Waals surface area contributed by atoms with Gasteiger partial charge in [-0.05, 0) is 75.3 Å². The third-order valence-corrected chi connectivity index (χ3v) is 9.06. The van der Waals surface area contributed by atoms with Gasteiger partial charge in [-0.15, -0.1) is 24.2 Å². The number of halogens is 1. The molecule has 3 aliphatic rings. The molecule has 0 aromatic heterocycles. The van der Waals surface area contributed by atoms with Gasteiger partial charge in [0.2, 0.25) is 0 Å². The summed E-state index contributed by atoms with van der Waals surface area (Å²) in [5.74, 6) is 3.18. The van der Waals surface area contributed by atoms with Gasteiger partial charge in [-0.1, -0.05) is 39.5 Å². The standard InChI is InChI=1S/C30H45NO4S.ClH/c1-5-6-7-9-22(2)11-12-23-20-25(34-27(32)10-8-14-31-15-17-33-18-16-31)28-24-13-19-36-29(24)30(3,4)35-26(28)21-23;/h20-22H,5-19H2,1-4H3;1H. The fraction of sp³-hybridized carbons (Fsp3) is 0.700. The fourth-order valence-electron chi connectivity index (χ4n) is 5.55. The number of aryl methyl sites for hydroxylation is 1. The first-order chi connectivity index (χ1) is 17.4. The number of nitrogens with zero attached hydrogens (tertiary/aromatic N) is 1. The number of thioether (sulfide) groups is 1. The number of allylic oxidation sites excluding steroid dienone is 1. The summed E-state index contributed by atoms with van der Waals surface area (Å²) in [5.41, 5.74) is 3.19. The van der Waals surface area contributed by atoms with E-state index in [9.17, 15) is 4.79 Å². The third kappa shape index (κ3) is 8.14. The zero-order valence-corrected chi connectivity index (χ0v) is 24.9. The van der Waals surface area contributed by atoms with Crippen molar-refractivity contribution < 1.29 is 19.0 Å². The fourth-order valence-corrected chi connectivity index (χ4v) is 6.82. The first-order valence-electron chi connectivity index (χ1n) is 14.1. The van der Waals surface area contributed by atoms with E-state index in [1.165, 1.54) is 41.7 Å². The summed E-state index contributed by atoms with van der Waals surface area (Å²) >= 11 is 1.88. The Kier molecular flexibility index (Phi) is 11.7. The molecule has 7 heteroatoms. The number of hydrogen-bond donors (Lipinski definition) is 0. The van der Waals surface area contributed by atoms with E-state index in [0.717, 1.165) is 75.6 Å². The second-order valence-corrected chi connectivity index (χ2v) is 12.3. The minimum atomic E-state index is -0.338. The molecule has 0 saturated carbocycles. The number of carbonyl (C=O) groups excluding carboxylic acids is 1. The lowest BCUT2D eigenvalue weighted by atomic mass is 9.90. The van der Waals surface area contributed by atoms with E-state index >= 15 is 0 Å². The monoisotopic (exact) mass is 551 g/mol. The van der Waals surface area contributed by atoms with Gasteiger partial charge < -0.3 is 14.2 Å². The predicted octanol–water partition coefficient (Wildman–Crippen LogP) is 7.29. The van der Waals surface area contributed by atoms with Crippen LogP contribution in [0.3, 0.4) is 0 Å². The smallest absolute Gasteiger partial charge is 0.311 e. The van der Waals surface area contributed by atoms with Crippen molar-refractivity contribution in [1.82, 2.24) is 4.90 Å². The van der Waals surface area contributed by atoms with Crippen molar-refractivity contribution in [2.75, 3.05) is 38.6 Å². The number of hydrogen-bond acceptors (Lipinski definition) is 6. The SMILES string of the molecule is CCCCCC(C)CCc1cc(OC(=O)CCCN2CCOCC2)c2c(c1)OC(C)(C)C1=C2CCS1.Cl. The van der Waals surface area contributed by atoms with Crippen LogP contribution in [0.2, 0.25) is 0 Å². The van der Waals surface area contributed by atoms with Crippen LogP contribution in [0, 0.1) is 5.92 Å². The summed E-state index contributed by atoms with van der Waals surface area (Å²) in [6.45, 7) is 13.3. The van der Waals surface area contributed by atoms with Gasteiger partial charge >= 0.3 is 5.97 Å². The topological polar surface area (TPSA) is 48.0 Å². The third-order valence-electron chi connectivity index (χ3n) is 7.62. The molecule has 1 aromatic rings. The van der Waals surface area contributed by atoms with Crippen molar-refractivity contribution in [2.24, 2.45) is 5.92 Å². The maximum atomic E-state index is 13.0. The number of morpholine rings is 1. The van der Waals surface area contributed by atoms with Gasteiger partial charge in [0.15, 0.2) is 0 Å². The molecule has 0 N–H and O–H groups in total. The van der Waals surface area contributed by atoms with E-state index in [-0.39, 0.29) is 24.0 Å². The Hall–Kier alpha value is -1.21. The highest BCUT2D eigenvalue weighted by molar-refractivity contribution is 8.03. The van der Waals surface area contributed by atoms with Gasteiger partial charge in [0.25, 0.3) is 0 Å². The number of unbranched alkanes of at least 4 members (excludes halogenated alkanes) is 2. The summed E-state index contributed by atoms with van der Waals surface area (Å²) < 4.78 is 18.1. The quantitative estimate of drug-likeness (QED) is 0.154. The van der Waals surface area contributed by atoms with Crippen LogP contribution in [0.4, 0.5) is 0 Å². The number of carbonyl (C=O) groups is 1. The molecule has 1 aromatic carbocycles. The Labute approximate surface area is 234 Å². The molecule has 37 heavy (non-hydrogen) atoms. The van der Waals surface area contributed by atoms with Crippen LogP contribution in [0.15, 0.2) is 17.0 Å². The Morgan fingerprint density at radius 1 is 1.16 bits per heavy atom. The average Bonchev–Trinajstić information content (AvgIpc) is 3.34. The maximum Gasteiger partial charge on any atom is 0.311 e. The Morgan fingerprint density at radius 3 is 2.70 bits per heavy atom. The lowest BCUT2D eigenvalue weighted by molar-refractivity contribution is -0.134. The summed E-state index contributed by atoms with van der Waals surface area (Å²) in [6.07, 6.45) is 9.52. The molecular weight excluding hydrogens is 506 g/mol. The van der Waals surface area contributed by atoms with E-state index in [4.69, 9.17) is 14.2 Å². The molecule has 3 heterocycles. The van der Waals surface area contributed by atoms with Crippen LogP contribution in [0.25, 0.3) is 5.57 Å². The summed E-state index contributed by atoms with van der Waals surface area (Å²) in [6, 6.07) is 4.32. The molecular formula is C30H46ClNO4S. The number of ether oxygens (including phenoxy) is 3. The van der Waals surface area contributed by atoms with Crippen molar-refractivity contribution in [1.29, 1.82) is 0 Å². The highest BCUT2D eigenvalue weighted by Gasteiger charge is 2.39. The zero-order valence-electron chi connectivity index (χ0n) is 23.2. The van der Waals surface area contributed by atoms with E-state index in [0.29, 0.717) is 18.1 Å². The van der Waals surface area contributed by atoms with Crippen LogP contribution in [-0.2, 0) is 16.0 Å². The summed E-state index contributed by atoms with van der Waals surface area (Å²) in [5, 5.41) is 0. The zero-order chi connectivity index (χ0) is 25.5. The van der Waals surface area contributed by atoms with Crippen molar-refractivity contribution in [3.05, 3.63) is 28.2 Å². The molecule has 4 rings (SSSR count). The van der Waals surface area contributed by atoms with Crippen LogP contribution in [0.5, 0.6) is 11.5 Å². The van der Waals surface area contributed by atoms with Crippen LogP contribution < -0.4 is 9.47 Å². The minimum absolute atomic E-state index is 0.